The second-order valence-electron chi connectivity index (χ2n) is 9.86. The van der Waals surface area contributed by atoms with Gasteiger partial charge in [0, 0.05) is 29.2 Å². The molecular formula is C31H30N4. The third kappa shape index (κ3) is 3.82. The van der Waals surface area contributed by atoms with Crippen molar-refractivity contribution in [3.63, 3.8) is 0 Å². The molecule has 174 valence electrons. The first-order valence-electron chi connectivity index (χ1n) is 12.7. The quantitative estimate of drug-likeness (QED) is 0.514. The van der Waals surface area contributed by atoms with Crippen LogP contribution in [0.4, 0.5) is 5.69 Å². The zero-order chi connectivity index (χ0) is 23.8. The standard InChI is InChI=1S/C31H30N4/c1-22-15-18-30-31(19-22)34(25-9-3-2-4-10-25)28-13-7-8-14-29(28)35(30)27-12-6-5-11-26(27)23-16-17-24(20-32)33-21-23/h2-5,7-11,13-15,17-18,21-23,28-29H,6,12,16,19H2,1H3. The highest BCUT2D eigenvalue weighted by atomic mass is 15.3. The lowest BCUT2D eigenvalue weighted by molar-refractivity contribution is 0.295. The Morgan fingerprint density at radius 3 is 2.51 bits per heavy atom. The zero-order valence-electron chi connectivity index (χ0n) is 20.1. The van der Waals surface area contributed by atoms with Gasteiger partial charge in [-0.1, -0.05) is 67.7 Å². The van der Waals surface area contributed by atoms with Crippen molar-refractivity contribution in [3.05, 3.63) is 113 Å². The summed E-state index contributed by atoms with van der Waals surface area (Å²) in [6, 6.07) is 13.5. The topological polar surface area (TPSA) is 42.6 Å². The lowest BCUT2D eigenvalue weighted by Gasteiger charge is -2.52. The Kier molecular flexibility index (Phi) is 5.62. The third-order valence-corrected chi connectivity index (χ3v) is 7.59. The molecule has 4 nitrogen and oxygen atoms in total. The minimum absolute atomic E-state index is 0.197. The van der Waals surface area contributed by atoms with E-state index in [1.807, 2.05) is 12.3 Å². The number of anilines is 1. The van der Waals surface area contributed by atoms with Crippen LogP contribution in [0.2, 0.25) is 0 Å². The van der Waals surface area contributed by atoms with E-state index in [1.54, 1.807) is 0 Å². The maximum Gasteiger partial charge on any atom is 0.136 e. The van der Waals surface area contributed by atoms with Gasteiger partial charge in [-0.25, -0.2) is 4.99 Å². The van der Waals surface area contributed by atoms with E-state index >= 15 is 0 Å². The van der Waals surface area contributed by atoms with Crippen LogP contribution < -0.4 is 4.90 Å². The molecular weight excluding hydrogens is 428 g/mol. The Balaban J connectivity index is 1.51. The average Bonchev–Trinajstić information content (AvgIpc) is 2.92. The highest BCUT2D eigenvalue weighted by Crippen LogP contribution is 2.45. The number of rotatable bonds is 3. The number of allylic oxidation sites excluding steroid dienone is 11. The molecule has 0 saturated carbocycles. The predicted molar refractivity (Wildman–Crippen MR) is 142 cm³/mol. The summed E-state index contributed by atoms with van der Waals surface area (Å²) in [6.45, 7) is 2.31. The Hall–Kier alpha value is -3.84. The number of fused-ring (bicyclic) bond motifs is 1. The van der Waals surface area contributed by atoms with Gasteiger partial charge in [0.25, 0.3) is 0 Å². The predicted octanol–water partition coefficient (Wildman–Crippen LogP) is 6.58. The van der Waals surface area contributed by atoms with Gasteiger partial charge in [0.05, 0.1) is 17.8 Å². The smallest absolute Gasteiger partial charge is 0.136 e. The summed E-state index contributed by atoms with van der Waals surface area (Å²) in [6.07, 6.45) is 26.3. The number of hydrogen-bond acceptors (Lipinski definition) is 4. The second kappa shape index (κ2) is 9.07. The van der Waals surface area contributed by atoms with Crippen LogP contribution in [0.5, 0.6) is 0 Å². The van der Waals surface area contributed by atoms with Gasteiger partial charge in [0.2, 0.25) is 0 Å². The number of aliphatic imine (C=N–C) groups is 1. The molecule has 0 N–H and O–H groups in total. The van der Waals surface area contributed by atoms with Crippen molar-refractivity contribution in [2.75, 3.05) is 4.90 Å². The van der Waals surface area contributed by atoms with Crippen LogP contribution >= 0.6 is 0 Å². The molecule has 2 heterocycles. The van der Waals surface area contributed by atoms with Gasteiger partial charge in [-0.05, 0) is 61.5 Å². The highest BCUT2D eigenvalue weighted by Gasteiger charge is 2.42. The van der Waals surface area contributed by atoms with Gasteiger partial charge in [-0.3, -0.25) is 0 Å². The Morgan fingerprint density at radius 1 is 0.971 bits per heavy atom. The summed E-state index contributed by atoms with van der Waals surface area (Å²) in [7, 11) is 0. The molecule has 5 aliphatic rings. The van der Waals surface area contributed by atoms with Gasteiger partial charge in [-0.15, -0.1) is 0 Å². The molecule has 0 bridgehead atoms. The highest BCUT2D eigenvalue weighted by molar-refractivity contribution is 5.71. The molecule has 1 aromatic carbocycles. The molecule has 1 aromatic rings. The normalized spacial score (nSPS) is 29.2. The van der Waals surface area contributed by atoms with Crippen molar-refractivity contribution in [1.29, 1.82) is 5.26 Å². The lowest BCUT2D eigenvalue weighted by atomic mass is 9.83. The molecule has 0 spiro atoms. The molecule has 4 unspecified atom stereocenters. The average molecular weight is 459 g/mol. The number of hydrogen-bond donors (Lipinski definition) is 0. The molecule has 4 heteroatoms. The number of nitrogens with zero attached hydrogens (tertiary/aromatic N) is 4. The van der Waals surface area contributed by atoms with Crippen LogP contribution in [0.15, 0.2) is 118 Å². The summed E-state index contributed by atoms with van der Waals surface area (Å²) in [5.41, 5.74) is 7.22. The molecule has 0 amide bonds. The van der Waals surface area contributed by atoms with Gasteiger partial charge in [0.1, 0.15) is 11.8 Å². The Bertz CT molecular complexity index is 1290. The van der Waals surface area contributed by atoms with Crippen LogP contribution in [0.1, 0.15) is 32.6 Å². The fourth-order valence-electron chi connectivity index (χ4n) is 5.99. The summed E-state index contributed by atoms with van der Waals surface area (Å²) in [4.78, 5) is 9.63. The second-order valence-corrected chi connectivity index (χ2v) is 9.86. The minimum atomic E-state index is 0.197. The molecule has 0 radical (unpaired) electrons. The van der Waals surface area contributed by atoms with Crippen LogP contribution in [0.25, 0.3) is 0 Å². The Labute approximate surface area is 208 Å². The van der Waals surface area contributed by atoms with Crippen molar-refractivity contribution in [1.82, 2.24) is 4.90 Å². The van der Waals surface area contributed by atoms with Gasteiger partial charge in [-0.2, -0.15) is 5.26 Å². The van der Waals surface area contributed by atoms with E-state index in [9.17, 15) is 5.26 Å². The molecule has 4 atom stereocenters. The van der Waals surface area contributed by atoms with Crippen molar-refractivity contribution in [3.8, 4) is 6.07 Å². The zero-order valence-corrected chi connectivity index (χ0v) is 20.1. The van der Waals surface area contributed by atoms with Gasteiger partial charge < -0.3 is 9.80 Å². The van der Waals surface area contributed by atoms with Crippen LogP contribution in [-0.4, -0.2) is 23.2 Å². The third-order valence-electron chi connectivity index (χ3n) is 7.59. The maximum atomic E-state index is 9.24. The molecule has 3 aliphatic carbocycles. The summed E-state index contributed by atoms with van der Waals surface area (Å²) < 4.78 is 0. The van der Waals surface area contributed by atoms with Crippen molar-refractivity contribution < 1.29 is 0 Å². The van der Waals surface area contributed by atoms with E-state index in [4.69, 9.17) is 0 Å². The van der Waals surface area contributed by atoms with E-state index in [1.165, 1.54) is 28.4 Å². The fraction of sp³-hybridized carbons (Fsp3) is 0.290. The fourth-order valence-corrected chi connectivity index (χ4v) is 5.99. The first-order chi connectivity index (χ1) is 17.2. The monoisotopic (exact) mass is 458 g/mol. The van der Waals surface area contributed by atoms with Crippen LogP contribution in [0.3, 0.4) is 0 Å². The summed E-state index contributed by atoms with van der Waals surface area (Å²) >= 11 is 0. The van der Waals surface area contributed by atoms with Crippen molar-refractivity contribution in [2.45, 2.75) is 44.7 Å². The number of nitriles is 1. The lowest BCUT2D eigenvalue weighted by Crippen LogP contribution is -2.55. The molecule has 6 rings (SSSR count). The van der Waals surface area contributed by atoms with E-state index in [0.717, 1.165) is 25.7 Å². The van der Waals surface area contributed by atoms with Gasteiger partial charge in [0.15, 0.2) is 0 Å². The molecule has 35 heavy (non-hydrogen) atoms. The summed E-state index contributed by atoms with van der Waals surface area (Å²) in [5.74, 6) is 0.698. The van der Waals surface area contributed by atoms with Crippen LogP contribution in [-0.2, 0) is 0 Å². The minimum Gasteiger partial charge on any atom is -0.334 e. The molecule has 0 saturated heterocycles. The van der Waals surface area contributed by atoms with E-state index in [-0.39, 0.29) is 18.0 Å². The van der Waals surface area contributed by atoms with E-state index in [2.05, 4.69) is 107 Å². The Morgan fingerprint density at radius 2 is 1.77 bits per heavy atom. The van der Waals surface area contributed by atoms with E-state index < -0.39 is 0 Å². The SMILES string of the molecule is CC1C=CC2=C(C1)N(c1ccccc1)C1C=CC=CC1N2C1=C(C2C=NC(C#N)=CC2)C=CCC1. The molecule has 0 aromatic heterocycles. The largest absolute Gasteiger partial charge is 0.334 e. The van der Waals surface area contributed by atoms with Crippen LogP contribution in [0, 0.1) is 23.2 Å². The first kappa shape index (κ1) is 21.7. The number of para-hydroxylation sites is 1. The van der Waals surface area contributed by atoms with Gasteiger partial charge >= 0.3 is 0 Å². The first-order valence-corrected chi connectivity index (χ1v) is 12.7. The molecule has 2 aliphatic heterocycles. The van der Waals surface area contributed by atoms with Crippen molar-refractivity contribution >= 4 is 11.9 Å². The summed E-state index contributed by atoms with van der Waals surface area (Å²) in [5, 5.41) is 9.24. The molecule has 0 fully saturated rings. The number of benzene rings is 1. The van der Waals surface area contributed by atoms with Crippen molar-refractivity contribution in [2.24, 2.45) is 16.8 Å². The maximum absolute atomic E-state index is 9.24. The van der Waals surface area contributed by atoms with E-state index in [0.29, 0.717) is 11.6 Å².